The molecule has 0 aromatic carbocycles. The Hall–Kier alpha value is -2.31. The molecule has 2 N–H and O–H groups in total. The van der Waals surface area contributed by atoms with Crippen molar-refractivity contribution in [2.45, 2.75) is 0 Å². The van der Waals surface area contributed by atoms with Crippen molar-refractivity contribution >= 4 is 11.9 Å². The van der Waals surface area contributed by atoms with Crippen LogP contribution in [0.2, 0.25) is 0 Å². The summed E-state index contributed by atoms with van der Waals surface area (Å²) in [4.78, 5) is 22.1. The van der Waals surface area contributed by atoms with Crippen molar-refractivity contribution in [1.29, 1.82) is 0 Å². The zero-order valence-electron chi connectivity index (χ0n) is 8.47. The maximum Gasteiger partial charge on any atom is 0.325 e. The predicted molar refractivity (Wildman–Crippen MR) is 51.4 cm³/mol. The Balaban J connectivity index is 2.77. The Kier molecular flexibility index (Phi) is 3.65. The highest BCUT2D eigenvalue weighted by Crippen LogP contribution is 2.10. The van der Waals surface area contributed by atoms with Crippen LogP contribution in [0.1, 0.15) is 10.5 Å². The first-order valence-electron chi connectivity index (χ1n) is 4.32. The SMILES string of the molecule is COC(=O)CNC(=O)c1c(O)ccc[n+]1[O-]. The summed E-state index contributed by atoms with van der Waals surface area (Å²) >= 11 is 0. The summed E-state index contributed by atoms with van der Waals surface area (Å²) in [5.41, 5.74) is -0.466. The van der Waals surface area contributed by atoms with Gasteiger partial charge in [0.1, 0.15) is 6.54 Å². The van der Waals surface area contributed by atoms with Crippen molar-refractivity contribution in [2.75, 3.05) is 13.7 Å². The Labute approximate surface area is 90.8 Å². The number of esters is 1. The van der Waals surface area contributed by atoms with Gasteiger partial charge in [-0.2, -0.15) is 4.73 Å². The van der Waals surface area contributed by atoms with Crippen molar-refractivity contribution in [3.05, 3.63) is 29.2 Å². The minimum atomic E-state index is -0.849. The first-order chi connectivity index (χ1) is 7.56. The highest BCUT2D eigenvalue weighted by Gasteiger charge is 2.21. The van der Waals surface area contributed by atoms with Gasteiger partial charge in [-0.25, -0.2) is 0 Å². The highest BCUT2D eigenvalue weighted by molar-refractivity contribution is 5.95. The molecule has 0 atom stereocenters. The van der Waals surface area contributed by atoms with E-state index in [1.165, 1.54) is 19.2 Å². The summed E-state index contributed by atoms with van der Waals surface area (Å²) in [5, 5.41) is 22.6. The zero-order valence-corrected chi connectivity index (χ0v) is 8.47. The van der Waals surface area contributed by atoms with E-state index in [2.05, 4.69) is 10.1 Å². The third kappa shape index (κ3) is 2.59. The number of aromatic hydroxyl groups is 1. The summed E-state index contributed by atoms with van der Waals surface area (Å²) < 4.78 is 4.51. The Morgan fingerprint density at radius 1 is 1.62 bits per heavy atom. The molecule has 1 heterocycles. The number of ether oxygens (including phenoxy) is 1. The monoisotopic (exact) mass is 226 g/mol. The summed E-state index contributed by atoms with van der Waals surface area (Å²) in [7, 11) is 1.17. The summed E-state index contributed by atoms with van der Waals surface area (Å²) in [5.74, 6) is -1.96. The molecule has 0 spiro atoms. The molecule has 0 unspecified atom stereocenters. The van der Waals surface area contributed by atoms with Crippen LogP contribution in [-0.2, 0) is 9.53 Å². The van der Waals surface area contributed by atoms with Gasteiger partial charge < -0.3 is 20.4 Å². The molecule has 7 nitrogen and oxygen atoms in total. The van der Waals surface area contributed by atoms with E-state index in [0.717, 1.165) is 6.20 Å². The fourth-order valence-corrected chi connectivity index (χ4v) is 1.00. The topological polar surface area (TPSA) is 103 Å². The molecule has 0 aliphatic heterocycles. The van der Waals surface area contributed by atoms with E-state index in [1.54, 1.807) is 0 Å². The molecule has 7 heteroatoms. The number of pyridine rings is 1. The molecule has 86 valence electrons. The van der Waals surface area contributed by atoms with Gasteiger partial charge in [0.15, 0.2) is 11.9 Å². The number of hydrogen-bond acceptors (Lipinski definition) is 5. The maximum absolute atomic E-state index is 11.4. The van der Waals surface area contributed by atoms with E-state index in [4.69, 9.17) is 0 Å². The van der Waals surface area contributed by atoms with Gasteiger partial charge in [0.05, 0.1) is 7.11 Å². The quantitative estimate of drug-likeness (QED) is 0.388. The van der Waals surface area contributed by atoms with E-state index < -0.39 is 23.3 Å². The number of methoxy groups -OCH3 is 1. The van der Waals surface area contributed by atoms with Gasteiger partial charge >= 0.3 is 17.6 Å². The molecule has 0 aliphatic rings. The van der Waals surface area contributed by atoms with Gasteiger partial charge in [0, 0.05) is 6.07 Å². The van der Waals surface area contributed by atoms with Crippen LogP contribution in [0.5, 0.6) is 5.75 Å². The van der Waals surface area contributed by atoms with Crippen molar-refractivity contribution in [3.8, 4) is 5.75 Å². The van der Waals surface area contributed by atoms with Gasteiger partial charge in [0.25, 0.3) is 0 Å². The largest absolute Gasteiger partial charge is 0.618 e. The second-order valence-electron chi connectivity index (χ2n) is 2.83. The number of carbonyl (C=O) groups is 2. The van der Waals surface area contributed by atoms with Gasteiger partial charge in [0.2, 0.25) is 0 Å². The fourth-order valence-electron chi connectivity index (χ4n) is 1.00. The zero-order chi connectivity index (χ0) is 12.1. The summed E-state index contributed by atoms with van der Waals surface area (Å²) in [6, 6.07) is 2.49. The average molecular weight is 226 g/mol. The Morgan fingerprint density at radius 2 is 2.31 bits per heavy atom. The lowest BCUT2D eigenvalue weighted by Gasteiger charge is -2.05. The van der Waals surface area contributed by atoms with E-state index in [0.29, 0.717) is 0 Å². The molecule has 0 bridgehead atoms. The molecular formula is C9H10N2O5. The Bertz CT molecular complexity index is 398. The van der Waals surface area contributed by atoms with Crippen molar-refractivity contribution in [1.82, 2.24) is 5.32 Å². The van der Waals surface area contributed by atoms with Crippen molar-refractivity contribution in [2.24, 2.45) is 0 Å². The number of nitrogens with zero attached hydrogens (tertiary/aromatic N) is 1. The summed E-state index contributed by atoms with van der Waals surface area (Å²) in [6.45, 7) is -0.371. The standard InChI is InChI=1S/C9H10N2O5/c1-16-7(13)5-10-9(14)8-6(12)3-2-4-11(8)15/h2-4,12H,5H2,1H3,(H,10,14). The molecular weight excluding hydrogens is 216 g/mol. The minimum absolute atomic E-state index is 0.210. The van der Waals surface area contributed by atoms with Crippen LogP contribution >= 0.6 is 0 Å². The number of rotatable bonds is 3. The van der Waals surface area contributed by atoms with E-state index in [9.17, 15) is 19.9 Å². The first-order valence-corrected chi connectivity index (χ1v) is 4.32. The number of aromatic nitrogens is 1. The normalized spacial score (nSPS) is 9.56. The lowest BCUT2D eigenvalue weighted by Crippen LogP contribution is -2.40. The molecule has 0 aliphatic carbocycles. The van der Waals surface area contributed by atoms with Gasteiger partial charge in [-0.1, -0.05) is 0 Å². The first kappa shape index (κ1) is 11.8. The third-order valence-electron chi connectivity index (χ3n) is 1.77. The number of amides is 1. The smallest absolute Gasteiger partial charge is 0.325 e. The minimum Gasteiger partial charge on any atom is -0.618 e. The highest BCUT2D eigenvalue weighted by atomic mass is 16.5. The van der Waals surface area contributed by atoms with Gasteiger partial charge in [-0.05, 0) is 6.07 Å². The summed E-state index contributed by atoms with van der Waals surface area (Å²) in [6.07, 6.45) is 1.06. The molecule has 0 fully saturated rings. The van der Waals surface area contributed by atoms with Crippen molar-refractivity contribution in [3.63, 3.8) is 0 Å². The van der Waals surface area contributed by atoms with E-state index in [1.807, 2.05) is 0 Å². The number of nitrogens with one attached hydrogen (secondary N) is 1. The van der Waals surface area contributed by atoms with E-state index >= 15 is 0 Å². The lowest BCUT2D eigenvalue weighted by atomic mass is 10.3. The molecule has 1 rings (SSSR count). The molecule has 0 radical (unpaired) electrons. The average Bonchev–Trinajstić information content (AvgIpc) is 2.25. The van der Waals surface area contributed by atoms with Crippen molar-refractivity contribution < 1.29 is 24.2 Å². The number of hydrogen-bond donors (Lipinski definition) is 2. The maximum atomic E-state index is 11.4. The van der Waals surface area contributed by atoms with Crippen LogP contribution < -0.4 is 10.0 Å². The van der Waals surface area contributed by atoms with Crippen LogP contribution in [0.3, 0.4) is 0 Å². The predicted octanol–water partition coefficient (Wildman–Crippen LogP) is -1.07. The molecule has 0 saturated heterocycles. The third-order valence-corrected chi connectivity index (χ3v) is 1.77. The number of carbonyl (C=O) groups excluding carboxylic acids is 2. The lowest BCUT2D eigenvalue weighted by molar-refractivity contribution is -0.608. The molecule has 1 aromatic heterocycles. The van der Waals surface area contributed by atoms with E-state index in [-0.39, 0.29) is 11.3 Å². The molecule has 0 saturated carbocycles. The molecule has 1 aromatic rings. The van der Waals surface area contributed by atoms with Crippen LogP contribution in [0.4, 0.5) is 0 Å². The fraction of sp³-hybridized carbons (Fsp3) is 0.222. The van der Waals surface area contributed by atoms with Crippen LogP contribution in [-0.4, -0.2) is 30.6 Å². The van der Waals surface area contributed by atoms with Crippen LogP contribution in [0.25, 0.3) is 0 Å². The van der Waals surface area contributed by atoms with Crippen LogP contribution in [0, 0.1) is 5.21 Å². The van der Waals surface area contributed by atoms with Gasteiger partial charge in [-0.3, -0.25) is 9.59 Å². The second-order valence-corrected chi connectivity index (χ2v) is 2.83. The van der Waals surface area contributed by atoms with Crippen LogP contribution in [0.15, 0.2) is 18.3 Å². The molecule has 16 heavy (non-hydrogen) atoms. The van der Waals surface area contributed by atoms with Gasteiger partial charge in [-0.15, -0.1) is 0 Å². The second kappa shape index (κ2) is 4.96. The molecule has 1 amide bonds. The Morgan fingerprint density at radius 3 is 2.88 bits per heavy atom.